The van der Waals surface area contributed by atoms with Crippen LogP contribution in [0, 0.1) is 6.92 Å². The van der Waals surface area contributed by atoms with Gasteiger partial charge in [0.15, 0.2) is 0 Å². The highest BCUT2D eigenvalue weighted by atomic mass is 32.2. The number of hydrogen-bond acceptors (Lipinski definition) is 6. The fraction of sp³-hybridized carbons (Fsp3) is 0.429. The summed E-state index contributed by atoms with van der Waals surface area (Å²) in [4.78, 5) is 29.0. The van der Waals surface area contributed by atoms with E-state index in [1.54, 1.807) is 17.8 Å². The molecule has 122 valence electrons. The van der Waals surface area contributed by atoms with Gasteiger partial charge in [0.2, 0.25) is 0 Å². The zero-order valence-corrected chi connectivity index (χ0v) is 14.3. The first kappa shape index (κ1) is 16.0. The monoisotopic (exact) mass is 352 g/mol. The van der Waals surface area contributed by atoms with Gasteiger partial charge in [-0.05, 0) is 19.1 Å². The van der Waals surface area contributed by atoms with Gasteiger partial charge in [-0.1, -0.05) is 0 Å². The Labute approximate surface area is 141 Å². The molecule has 1 fully saturated rings. The first-order valence-corrected chi connectivity index (χ1v) is 8.98. The zero-order chi connectivity index (χ0) is 16.6. The maximum Gasteiger partial charge on any atom is 0.330 e. The molecule has 1 atom stereocenters. The van der Waals surface area contributed by atoms with Crippen molar-refractivity contribution in [2.45, 2.75) is 18.9 Å². The highest BCUT2D eigenvalue weighted by Gasteiger charge is 2.43. The third-order valence-electron chi connectivity index (χ3n) is 3.74. The van der Waals surface area contributed by atoms with E-state index in [-0.39, 0.29) is 5.91 Å². The molecular weight excluding hydrogens is 336 g/mol. The first-order chi connectivity index (χ1) is 10.9. The number of nitrogens with zero attached hydrogens (tertiary/aromatic N) is 3. The average Bonchev–Trinajstić information content (AvgIpc) is 3.19. The van der Waals surface area contributed by atoms with Crippen LogP contribution in [-0.4, -0.2) is 48.8 Å². The SMILES string of the molecule is Cc1nc(-c2cnn(C)c2)sc1C(=O)NC1(C(=O)O)CCSC1. The number of thiazole rings is 1. The summed E-state index contributed by atoms with van der Waals surface area (Å²) in [6.45, 7) is 1.75. The van der Waals surface area contributed by atoms with Crippen LogP contribution in [0.25, 0.3) is 10.6 Å². The second-order valence-corrected chi connectivity index (χ2v) is 7.58. The van der Waals surface area contributed by atoms with Crippen molar-refractivity contribution >= 4 is 35.0 Å². The molecule has 23 heavy (non-hydrogen) atoms. The van der Waals surface area contributed by atoms with Gasteiger partial charge in [-0.15, -0.1) is 11.3 Å². The van der Waals surface area contributed by atoms with E-state index < -0.39 is 11.5 Å². The van der Waals surface area contributed by atoms with E-state index >= 15 is 0 Å². The quantitative estimate of drug-likeness (QED) is 0.866. The molecule has 3 rings (SSSR count). The molecular formula is C14H16N4O3S2. The minimum Gasteiger partial charge on any atom is -0.479 e. The molecule has 7 nitrogen and oxygen atoms in total. The van der Waals surface area contributed by atoms with Gasteiger partial charge >= 0.3 is 5.97 Å². The number of amides is 1. The number of carbonyl (C=O) groups is 2. The molecule has 0 radical (unpaired) electrons. The lowest BCUT2D eigenvalue weighted by Gasteiger charge is -2.24. The number of aromatic nitrogens is 3. The summed E-state index contributed by atoms with van der Waals surface area (Å²) >= 11 is 2.79. The molecule has 1 amide bonds. The Morgan fingerprint density at radius 3 is 2.83 bits per heavy atom. The molecule has 1 saturated heterocycles. The molecule has 1 aliphatic rings. The largest absolute Gasteiger partial charge is 0.479 e. The highest BCUT2D eigenvalue weighted by molar-refractivity contribution is 7.99. The van der Waals surface area contributed by atoms with Gasteiger partial charge in [-0.25, -0.2) is 9.78 Å². The van der Waals surface area contributed by atoms with E-state index in [9.17, 15) is 14.7 Å². The molecule has 1 unspecified atom stereocenters. The Morgan fingerprint density at radius 2 is 2.26 bits per heavy atom. The first-order valence-electron chi connectivity index (χ1n) is 7.01. The van der Waals surface area contributed by atoms with Crippen LogP contribution in [0.3, 0.4) is 0 Å². The van der Waals surface area contributed by atoms with Gasteiger partial charge in [0.1, 0.15) is 15.4 Å². The number of carboxylic acids is 1. The lowest BCUT2D eigenvalue weighted by molar-refractivity contribution is -0.143. The summed E-state index contributed by atoms with van der Waals surface area (Å²) < 4.78 is 1.67. The third kappa shape index (κ3) is 2.98. The summed E-state index contributed by atoms with van der Waals surface area (Å²) in [6, 6.07) is 0. The normalized spacial score (nSPS) is 20.6. The maximum atomic E-state index is 12.5. The molecule has 0 bridgehead atoms. The van der Waals surface area contributed by atoms with Crippen LogP contribution in [-0.2, 0) is 11.8 Å². The molecule has 3 heterocycles. The van der Waals surface area contributed by atoms with Crippen LogP contribution < -0.4 is 5.32 Å². The van der Waals surface area contributed by atoms with E-state index in [4.69, 9.17) is 0 Å². The summed E-state index contributed by atoms with van der Waals surface area (Å²) in [5.74, 6) is -0.234. The molecule has 2 aromatic rings. The van der Waals surface area contributed by atoms with Crippen molar-refractivity contribution in [1.82, 2.24) is 20.1 Å². The van der Waals surface area contributed by atoms with Gasteiger partial charge in [0.05, 0.1) is 11.9 Å². The van der Waals surface area contributed by atoms with Gasteiger partial charge in [-0.3, -0.25) is 9.48 Å². The Bertz CT molecular complexity index is 762. The number of hydrogen-bond donors (Lipinski definition) is 2. The number of carbonyl (C=O) groups excluding carboxylic acids is 1. The van der Waals surface area contributed by atoms with Gasteiger partial charge in [0, 0.05) is 24.6 Å². The minimum atomic E-state index is -1.17. The van der Waals surface area contributed by atoms with Gasteiger partial charge in [-0.2, -0.15) is 16.9 Å². The van der Waals surface area contributed by atoms with E-state index in [0.29, 0.717) is 27.8 Å². The van der Waals surface area contributed by atoms with Gasteiger partial charge in [0.25, 0.3) is 5.91 Å². The lowest BCUT2D eigenvalue weighted by atomic mass is 9.99. The van der Waals surface area contributed by atoms with Gasteiger partial charge < -0.3 is 10.4 Å². The molecule has 0 aliphatic carbocycles. The standard InChI is InChI=1S/C14H16N4O3S2/c1-8-10(23-12(16-8)9-5-15-18(2)6-9)11(19)17-14(13(20)21)3-4-22-7-14/h5-6H,3-4,7H2,1-2H3,(H,17,19)(H,20,21). The minimum absolute atomic E-state index is 0.375. The molecule has 2 aromatic heterocycles. The predicted molar refractivity (Wildman–Crippen MR) is 88.8 cm³/mol. The second kappa shape index (κ2) is 5.97. The smallest absolute Gasteiger partial charge is 0.330 e. The molecule has 0 aromatic carbocycles. The number of thioether (sulfide) groups is 1. The van der Waals surface area contributed by atoms with Crippen LogP contribution in [0.5, 0.6) is 0 Å². The fourth-order valence-electron chi connectivity index (χ4n) is 2.42. The average molecular weight is 352 g/mol. The topological polar surface area (TPSA) is 97.1 Å². The predicted octanol–water partition coefficient (Wildman–Crippen LogP) is 1.54. The summed E-state index contributed by atoms with van der Waals surface area (Å²) in [5.41, 5.74) is 0.258. The fourth-order valence-corrected chi connectivity index (χ4v) is 4.68. The number of nitrogens with one attached hydrogen (secondary N) is 1. The third-order valence-corrected chi connectivity index (χ3v) is 6.13. The molecule has 0 saturated carbocycles. The van der Waals surface area contributed by atoms with Crippen molar-refractivity contribution in [2.75, 3.05) is 11.5 Å². The Morgan fingerprint density at radius 1 is 1.48 bits per heavy atom. The van der Waals surface area contributed by atoms with E-state index in [1.165, 1.54) is 23.1 Å². The van der Waals surface area contributed by atoms with Crippen LogP contribution in [0.15, 0.2) is 12.4 Å². The van der Waals surface area contributed by atoms with Crippen molar-refractivity contribution in [3.05, 3.63) is 23.0 Å². The van der Waals surface area contributed by atoms with Crippen molar-refractivity contribution in [3.63, 3.8) is 0 Å². The number of aliphatic carboxylic acids is 1. The maximum absolute atomic E-state index is 12.5. The van der Waals surface area contributed by atoms with Crippen LogP contribution in [0.4, 0.5) is 0 Å². The molecule has 2 N–H and O–H groups in total. The van der Waals surface area contributed by atoms with E-state index in [2.05, 4.69) is 15.4 Å². The Hall–Kier alpha value is -1.87. The molecule has 9 heteroatoms. The zero-order valence-electron chi connectivity index (χ0n) is 12.7. The number of aryl methyl sites for hydroxylation is 2. The van der Waals surface area contributed by atoms with Crippen molar-refractivity contribution in [1.29, 1.82) is 0 Å². The van der Waals surface area contributed by atoms with Crippen LogP contribution >= 0.6 is 23.1 Å². The van der Waals surface area contributed by atoms with E-state index in [1.807, 2.05) is 13.2 Å². The van der Waals surface area contributed by atoms with E-state index in [0.717, 1.165) is 11.3 Å². The van der Waals surface area contributed by atoms with Crippen molar-refractivity contribution in [2.24, 2.45) is 7.05 Å². The highest BCUT2D eigenvalue weighted by Crippen LogP contribution is 2.31. The summed E-state index contributed by atoms with van der Waals surface area (Å²) in [7, 11) is 1.81. The van der Waals surface area contributed by atoms with Crippen molar-refractivity contribution in [3.8, 4) is 10.6 Å². The lowest BCUT2D eigenvalue weighted by Crippen LogP contribution is -2.54. The number of carboxylic acid groups (broad SMARTS) is 1. The van der Waals surface area contributed by atoms with Crippen molar-refractivity contribution < 1.29 is 14.7 Å². The number of rotatable bonds is 4. The molecule has 1 aliphatic heterocycles. The van der Waals surface area contributed by atoms with Crippen LogP contribution in [0.1, 0.15) is 21.8 Å². The Balaban J connectivity index is 1.85. The summed E-state index contributed by atoms with van der Waals surface area (Å²) in [6.07, 6.45) is 3.95. The van der Waals surface area contributed by atoms with Crippen LogP contribution in [0.2, 0.25) is 0 Å². The molecule has 0 spiro atoms. The Kier molecular flexibility index (Phi) is 4.15. The summed E-state index contributed by atoms with van der Waals surface area (Å²) in [5, 5.41) is 17.0. The second-order valence-electron chi connectivity index (χ2n) is 5.48.